The highest BCUT2D eigenvalue weighted by Gasteiger charge is 2.33. The molecule has 0 saturated heterocycles. The lowest BCUT2D eigenvalue weighted by molar-refractivity contribution is -0.127. The molecule has 0 radical (unpaired) electrons. The molecule has 0 saturated carbocycles. The van der Waals surface area contributed by atoms with Crippen molar-refractivity contribution in [3.63, 3.8) is 0 Å². The van der Waals surface area contributed by atoms with Gasteiger partial charge in [0.2, 0.25) is 11.8 Å². The zero-order chi connectivity index (χ0) is 26.4. The standard InChI is InChI=1S/C29H32FN5O2/c1-4-21-9-15-24(16-10-21)35(27(36)19-34-26-8-6-5-7-25(26)32-33-34)28(22-11-13-23(30)14-12-22)29(37)31-18-17-20(2)3/h5-16,20,28H,4,17-19H2,1-3H3,(H,31,37). The Balaban J connectivity index is 1.76. The number of carbonyl (C=O) groups excluding carboxylic acids is 2. The van der Waals surface area contributed by atoms with Crippen molar-refractivity contribution in [3.8, 4) is 0 Å². The maximum atomic E-state index is 14.0. The Kier molecular flexibility index (Phi) is 8.28. The van der Waals surface area contributed by atoms with Crippen LogP contribution in [0.5, 0.6) is 0 Å². The van der Waals surface area contributed by atoms with Crippen molar-refractivity contribution in [3.05, 3.63) is 89.7 Å². The number of aryl methyl sites for hydroxylation is 1. The number of nitrogens with zero attached hydrogens (tertiary/aromatic N) is 4. The number of hydrogen-bond acceptors (Lipinski definition) is 4. The first kappa shape index (κ1) is 26.0. The lowest BCUT2D eigenvalue weighted by Crippen LogP contribution is -2.45. The molecule has 7 nitrogen and oxygen atoms in total. The first-order valence-corrected chi connectivity index (χ1v) is 12.6. The second-order valence-corrected chi connectivity index (χ2v) is 9.45. The van der Waals surface area contributed by atoms with Gasteiger partial charge in [-0.1, -0.05) is 62.4 Å². The molecular weight excluding hydrogens is 469 g/mol. The second-order valence-electron chi connectivity index (χ2n) is 9.45. The quantitative estimate of drug-likeness (QED) is 0.329. The van der Waals surface area contributed by atoms with Crippen LogP contribution in [0.25, 0.3) is 11.0 Å². The molecule has 1 unspecified atom stereocenters. The third-order valence-corrected chi connectivity index (χ3v) is 6.31. The summed E-state index contributed by atoms with van der Waals surface area (Å²) in [6, 6.07) is 19.7. The van der Waals surface area contributed by atoms with Gasteiger partial charge in [0.25, 0.3) is 0 Å². The number of benzene rings is 3. The van der Waals surface area contributed by atoms with Crippen LogP contribution < -0.4 is 10.2 Å². The van der Waals surface area contributed by atoms with Crippen LogP contribution in [0, 0.1) is 11.7 Å². The number of nitrogens with one attached hydrogen (secondary N) is 1. The number of para-hydroxylation sites is 1. The number of amides is 2. The molecule has 1 heterocycles. The maximum Gasteiger partial charge on any atom is 0.249 e. The summed E-state index contributed by atoms with van der Waals surface area (Å²) in [4.78, 5) is 29.1. The van der Waals surface area contributed by atoms with E-state index in [4.69, 9.17) is 0 Å². The fourth-order valence-corrected chi connectivity index (χ4v) is 4.21. The van der Waals surface area contributed by atoms with Crippen LogP contribution in [0.4, 0.5) is 10.1 Å². The van der Waals surface area contributed by atoms with E-state index in [1.807, 2.05) is 48.5 Å². The Labute approximate surface area is 216 Å². The lowest BCUT2D eigenvalue weighted by Gasteiger charge is -2.32. The monoisotopic (exact) mass is 501 g/mol. The number of halogens is 1. The number of rotatable bonds is 10. The van der Waals surface area contributed by atoms with E-state index in [0.717, 1.165) is 23.9 Å². The van der Waals surface area contributed by atoms with Gasteiger partial charge < -0.3 is 5.32 Å². The van der Waals surface area contributed by atoms with Gasteiger partial charge in [-0.3, -0.25) is 14.5 Å². The van der Waals surface area contributed by atoms with Crippen molar-refractivity contribution in [2.24, 2.45) is 5.92 Å². The minimum absolute atomic E-state index is 0.118. The Morgan fingerprint density at radius 1 is 1.00 bits per heavy atom. The smallest absolute Gasteiger partial charge is 0.249 e. The molecule has 1 atom stereocenters. The van der Waals surface area contributed by atoms with Crippen LogP contribution in [0.1, 0.15) is 44.4 Å². The van der Waals surface area contributed by atoms with E-state index in [9.17, 15) is 14.0 Å². The van der Waals surface area contributed by atoms with E-state index in [1.165, 1.54) is 21.7 Å². The minimum Gasteiger partial charge on any atom is -0.354 e. The van der Waals surface area contributed by atoms with Crippen molar-refractivity contribution in [1.29, 1.82) is 0 Å². The summed E-state index contributed by atoms with van der Waals surface area (Å²) >= 11 is 0. The highest BCUT2D eigenvalue weighted by Crippen LogP contribution is 2.29. The fraction of sp³-hybridized carbons (Fsp3) is 0.310. The molecule has 4 rings (SSSR count). The summed E-state index contributed by atoms with van der Waals surface area (Å²) in [5.41, 5.74) is 3.59. The van der Waals surface area contributed by atoms with Crippen molar-refractivity contribution >= 4 is 28.5 Å². The van der Waals surface area contributed by atoms with Gasteiger partial charge in [-0.2, -0.15) is 0 Å². The van der Waals surface area contributed by atoms with Crippen molar-refractivity contribution < 1.29 is 14.0 Å². The minimum atomic E-state index is -0.998. The van der Waals surface area contributed by atoms with Gasteiger partial charge in [0.1, 0.15) is 23.9 Å². The first-order chi connectivity index (χ1) is 17.9. The van der Waals surface area contributed by atoms with Crippen molar-refractivity contribution in [1.82, 2.24) is 20.3 Å². The summed E-state index contributed by atoms with van der Waals surface area (Å²) in [7, 11) is 0. The predicted molar refractivity (Wildman–Crippen MR) is 142 cm³/mol. The molecule has 0 aliphatic heterocycles. The van der Waals surface area contributed by atoms with Crippen molar-refractivity contribution in [2.45, 2.75) is 46.2 Å². The average Bonchev–Trinajstić information content (AvgIpc) is 3.30. The van der Waals surface area contributed by atoms with E-state index in [0.29, 0.717) is 29.2 Å². The molecule has 3 aromatic carbocycles. The molecule has 0 bridgehead atoms. The third-order valence-electron chi connectivity index (χ3n) is 6.31. The first-order valence-electron chi connectivity index (χ1n) is 12.6. The van der Waals surface area contributed by atoms with Crippen LogP contribution >= 0.6 is 0 Å². The Bertz CT molecular complexity index is 1350. The van der Waals surface area contributed by atoms with Crippen LogP contribution in [-0.2, 0) is 22.6 Å². The molecule has 0 aliphatic rings. The average molecular weight is 502 g/mol. The van der Waals surface area contributed by atoms with Gasteiger partial charge in [0.05, 0.1) is 5.52 Å². The second kappa shape index (κ2) is 11.8. The SMILES string of the molecule is CCc1ccc(N(C(=O)Cn2nnc3ccccc32)C(C(=O)NCCC(C)C)c2ccc(F)cc2)cc1. The van der Waals surface area contributed by atoms with Crippen LogP contribution in [0.15, 0.2) is 72.8 Å². The van der Waals surface area contributed by atoms with Gasteiger partial charge in [-0.25, -0.2) is 9.07 Å². The van der Waals surface area contributed by atoms with Crippen LogP contribution in [0.3, 0.4) is 0 Å². The van der Waals surface area contributed by atoms with Crippen molar-refractivity contribution in [2.75, 3.05) is 11.4 Å². The Morgan fingerprint density at radius 2 is 1.70 bits per heavy atom. The molecule has 1 N–H and O–H groups in total. The molecule has 1 aromatic heterocycles. The number of fused-ring (bicyclic) bond motifs is 1. The zero-order valence-electron chi connectivity index (χ0n) is 21.4. The number of hydrogen-bond donors (Lipinski definition) is 1. The molecule has 37 heavy (non-hydrogen) atoms. The van der Waals surface area contributed by atoms with Gasteiger partial charge >= 0.3 is 0 Å². The Morgan fingerprint density at radius 3 is 2.38 bits per heavy atom. The summed E-state index contributed by atoms with van der Waals surface area (Å²) < 4.78 is 15.3. The Hall–Kier alpha value is -4.07. The molecule has 4 aromatic rings. The van der Waals surface area contributed by atoms with Gasteiger partial charge in [-0.05, 0) is 66.3 Å². The molecule has 8 heteroatoms. The van der Waals surface area contributed by atoms with E-state index < -0.39 is 11.9 Å². The molecule has 2 amide bonds. The summed E-state index contributed by atoms with van der Waals surface area (Å²) in [5.74, 6) is -0.677. The summed E-state index contributed by atoms with van der Waals surface area (Å²) in [6.07, 6.45) is 1.64. The summed E-state index contributed by atoms with van der Waals surface area (Å²) in [5, 5.41) is 11.3. The molecule has 0 aliphatic carbocycles. The van der Waals surface area contributed by atoms with Crippen LogP contribution in [0.2, 0.25) is 0 Å². The topological polar surface area (TPSA) is 80.1 Å². The van der Waals surface area contributed by atoms with E-state index in [2.05, 4.69) is 36.4 Å². The number of carbonyl (C=O) groups is 2. The lowest BCUT2D eigenvalue weighted by atomic mass is 10.0. The van der Waals surface area contributed by atoms with E-state index >= 15 is 0 Å². The largest absolute Gasteiger partial charge is 0.354 e. The molecule has 192 valence electrons. The van der Waals surface area contributed by atoms with Gasteiger partial charge in [0.15, 0.2) is 0 Å². The van der Waals surface area contributed by atoms with E-state index in [1.54, 1.807) is 12.1 Å². The highest BCUT2D eigenvalue weighted by molar-refractivity contribution is 6.01. The normalized spacial score (nSPS) is 12.0. The zero-order valence-corrected chi connectivity index (χ0v) is 21.4. The highest BCUT2D eigenvalue weighted by atomic mass is 19.1. The molecule has 0 spiro atoms. The fourth-order valence-electron chi connectivity index (χ4n) is 4.21. The number of anilines is 1. The van der Waals surface area contributed by atoms with Gasteiger partial charge in [0, 0.05) is 12.2 Å². The predicted octanol–water partition coefficient (Wildman–Crippen LogP) is 5.07. The van der Waals surface area contributed by atoms with Gasteiger partial charge in [-0.15, -0.1) is 5.10 Å². The van der Waals surface area contributed by atoms with E-state index in [-0.39, 0.29) is 18.4 Å². The molecule has 0 fully saturated rings. The molecular formula is C29H32FN5O2. The third kappa shape index (κ3) is 6.20. The maximum absolute atomic E-state index is 14.0. The van der Waals surface area contributed by atoms with Crippen LogP contribution in [-0.4, -0.2) is 33.4 Å². The summed E-state index contributed by atoms with van der Waals surface area (Å²) in [6.45, 7) is 6.57. The number of aromatic nitrogens is 3.